The van der Waals surface area contributed by atoms with E-state index in [9.17, 15) is 14.9 Å². The van der Waals surface area contributed by atoms with Gasteiger partial charge < -0.3 is 9.47 Å². The lowest BCUT2D eigenvalue weighted by atomic mass is 10.1. The van der Waals surface area contributed by atoms with Crippen molar-refractivity contribution >= 4 is 34.2 Å². The first-order valence-corrected chi connectivity index (χ1v) is 7.90. The molecule has 1 aromatic heterocycles. The van der Waals surface area contributed by atoms with E-state index in [0.29, 0.717) is 27.4 Å². The van der Waals surface area contributed by atoms with Crippen molar-refractivity contribution in [3.8, 4) is 17.0 Å². The summed E-state index contributed by atoms with van der Waals surface area (Å²) in [6.45, 7) is -0.321. The van der Waals surface area contributed by atoms with Crippen molar-refractivity contribution in [3.63, 3.8) is 0 Å². The number of aromatic nitrogens is 1. The maximum atomic E-state index is 11.4. The number of esters is 1. The zero-order valence-corrected chi connectivity index (χ0v) is 14.4. The number of methoxy groups -OCH3 is 1. The molecule has 3 aromatic rings. The average Bonchev–Trinajstić information content (AvgIpc) is 2.65. The Balaban J connectivity index is 2.13. The molecule has 3 rings (SSSR count). The normalized spacial score (nSPS) is 10.5. The minimum absolute atomic E-state index is 0.0959. The van der Waals surface area contributed by atoms with E-state index >= 15 is 0 Å². The number of hydrogen-bond donors (Lipinski definition) is 0. The van der Waals surface area contributed by atoms with Gasteiger partial charge in [0.25, 0.3) is 5.69 Å². The fourth-order valence-corrected chi connectivity index (χ4v) is 2.51. The van der Waals surface area contributed by atoms with Gasteiger partial charge in [0.2, 0.25) is 0 Å². The van der Waals surface area contributed by atoms with Crippen LogP contribution in [0.15, 0.2) is 48.5 Å². The molecule has 132 valence electrons. The molecule has 1 heterocycles. The smallest absolute Gasteiger partial charge is 0.343 e. The molecule has 8 heteroatoms. The van der Waals surface area contributed by atoms with E-state index in [1.54, 1.807) is 30.3 Å². The Morgan fingerprint density at radius 3 is 2.58 bits per heavy atom. The standard InChI is InChI=1S/C18H13ClN2O5/c1-25-18(22)10-26-17-9-16(11-2-4-12(19)5-3-11)20-15-7-6-13(21(23)24)8-14(15)17/h2-9H,10H2,1H3. The van der Waals surface area contributed by atoms with Crippen LogP contribution < -0.4 is 4.74 Å². The lowest BCUT2D eigenvalue weighted by molar-refractivity contribution is -0.384. The van der Waals surface area contributed by atoms with E-state index < -0.39 is 10.9 Å². The summed E-state index contributed by atoms with van der Waals surface area (Å²) in [4.78, 5) is 26.5. The van der Waals surface area contributed by atoms with Gasteiger partial charge in [-0.2, -0.15) is 0 Å². The molecule has 0 aliphatic rings. The molecule has 0 saturated carbocycles. The number of nitro benzene ring substituents is 1. The van der Waals surface area contributed by atoms with Gasteiger partial charge in [0, 0.05) is 34.2 Å². The van der Waals surface area contributed by atoms with Crippen LogP contribution in [0.4, 0.5) is 5.69 Å². The summed E-state index contributed by atoms with van der Waals surface area (Å²) in [7, 11) is 1.25. The molecule has 26 heavy (non-hydrogen) atoms. The Kier molecular flexibility index (Phi) is 4.99. The molecule has 0 aliphatic heterocycles. The number of non-ortho nitro benzene ring substituents is 1. The zero-order valence-electron chi connectivity index (χ0n) is 13.6. The highest BCUT2D eigenvalue weighted by Crippen LogP contribution is 2.32. The first-order chi connectivity index (χ1) is 12.5. The van der Waals surface area contributed by atoms with Crippen molar-refractivity contribution in [1.29, 1.82) is 0 Å². The molecule has 0 radical (unpaired) electrons. The summed E-state index contributed by atoms with van der Waals surface area (Å²) < 4.78 is 10.1. The SMILES string of the molecule is COC(=O)COc1cc(-c2ccc(Cl)cc2)nc2ccc([N+](=O)[O-])cc12. The monoisotopic (exact) mass is 372 g/mol. The van der Waals surface area contributed by atoms with Gasteiger partial charge in [-0.05, 0) is 18.2 Å². The summed E-state index contributed by atoms with van der Waals surface area (Å²) in [5, 5.41) is 12.1. The Morgan fingerprint density at radius 2 is 1.92 bits per heavy atom. The quantitative estimate of drug-likeness (QED) is 0.381. The predicted octanol–water partition coefficient (Wildman–Crippen LogP) is 4.02. The number of rotatable bonds is 5. The van der Waals surface area contributed by atoms with E-state index in [-0.39, 0.29) is 12.3 Å². The number of carbonyl (C=O) groups excluding carboxylic acids is 1. The first-order valence-electron chi connectivity index (χ1n) is 7.52. The third-order valence-corrected chi connectivity index (χ3v) is 3.93. The fraction of sp³-hybridized carbons (Fsp3) is 0.111. The van der Waals surface area contributed by atoms with E-state index in [2.05, 4.69) is 9.72 Å². The van der Waals surface area contributed by atoms with Crippen LogP contribution in [0.3, 0.4) is 0 Å². The van der Waals surface area contributed by atoms with Crippen molar-refractivity contribution in [3.05, 3.63) is 63.7 Å². The molecule has 0 fully saturated rings. The van der Waals surface area contributed by atoms with Crippen LogP contribution in [-0.2, 0) is 9.53 Å². The maximum Gasteiger partial charge on any atom is 0.343 e. The van der Waals surface area contributed by atoms with E-state index in [1.807, 2.05) is 0 Å². The lowest BCUT2D eigenvalue weighted by Crippen LogP contribution is -2.12. The fourth-order valence-electron chi connectivity index (χ4n) is 2.38. The van der Waals surface area contributed by atoms with Gasteiger partial charge in [-0.15, -0.1) is 0 Å². The molecule has 7 nitrogen and oxygen atoms in total. The van der Waals surface area contributed by atoms with Crippen LogP contribution in [0, 0.1) is 10.1 Å². The lowest BCUT2D eigenvalue weighted by Gasteiger charge is -2.11. The van der Waals surface area contributed by atoms with Crippen LogP contribution in [0.1, 0.15) is 0 Å². The third-order valence-electron chi connectivity index (χ3n) is 3.68. The van der Waals surface area contributed by atoms with Crippen molar-refractivity contribution < 1.29 is 19.2 Å². The largest absolute Gasteiger partial charge is 0.481 e. The molecule has 0 aliphatic carbocycles. The number of nitro groups is 1. The second-order valence-electron chi connectivity index (χ2n) is 5.34. The number of benzene rings is 2. The highest BCUT2D eigenvalue weighted by atomic mass is 35.5. The summed E-state index contributed by atoms with van der Waals surface area (Å²) >= 11 is 5.91. The van der Waals surface area contributed by atoms with E-state index in [0.717, 1.165) is 5.56 Å². The molecule has 0 saturated heterocycles. The zero-order chi connectivity index (χ0) is 18.7. The summed E-state index contributed by atoms with van der Waals surface area (Å²) in [5.41, 5.74) is 1.78. The predicted molar refractivity (Wildman–Crippen MR) is 96.4 cm³/mol. The molecular formula is C18H13ClN2O5. The van der Waals surface area contributed by atoms with Crippen molar-refractivity contribution in [2.75, 3.05) is 13.7 Å². The minimum Gasteiger partial charge on any atom is -0.481 e. The van der Waals surface area contributed by atoms with Gasteiger partial charge in [-0.25, -0.2) is 9.78 Å². The maximum absolute atomic E-state index is 11.4. The van der Waals surface area contributed by atoms with Crippen molar-refractivity contribution in [1.82, 2.24) is 4.98 Å². The van der Waals surface area contributed by atoms with Crippen LogP contribution in [-0.4, -0.2) is 29.6 Å². The molecule has 0 bridgehead atoms. The molecule has 0 spiro atoms. The Morgan fingerprint density at radius 1 is 1.19 bits per heavy atom. The highest BCUT2D eigenvalue weighted by molar-refractivity contribution is 6.30. The van der Waals surface area contributed by atoms with Gasteiger partial charge in [-0.1, -0.05) is 23.7 Å². The van der Waals surface area contributed by atoms with Crippen molar-refractivity contribution in [2.24, 2.45) is 0 Å². The summed E-state index contributed by atoms with van der Waals surface area (Å²) in [6.07, 6.45) is 0. The third kappa shape index (κ3) is 3.73. The Bertz CT molecular complexity index is 989. The highest BCUT2D eigenvalue weighted by Gasteiger charge is 2.14. The van der Waals surface area contributed by atoms with Crippen LogP contribution >= 0.6 is 11.6 Å². The molecular weight excluding hydrogens is 360 g/mol. The number of nitrogens with zero attached hydrogens (tertiary/aromatic N) is 2. The van der Waals surface area contributed by atoms with Gasteiger partial charge in [0.1, 0.15) is 5.75 Å². The number of ether oxygens (including phenoxy) is 2. The molecule has 2 aromatic carbocycles. The second-order valence-corrected chi connectivity index (χ2v) is 5.77. The van der Waals surface area contributed by atoms with Crippen LogP contribution in [0.25, 0.3) is 22.2 Å². The molecule has 0 amide bonds. The van der Waals surface area contributed by atoms with Crippen LogP contribution in [0.5, 0.6) is 5.75 Å². The van der Waals surface area contributed by atoms with Gasteiger partial charge in [0.15, 0.2) is 6.61 Å². The van der Waals surface area contributed by atoms with Crippen LogP contribution in [0.2, 0.25) is 5.02 Å². The number of pyridine rings is 1. The van der Waals surface area contributed by atoms with Gasteiger partial charge in [0.05, 0.1) is 23.2 Å². The second kappa shape index (κ2) is 7.37. The topological polar surface area (TPSA) is 91.6 Å². The van der Waals surface area contributed by atoms with E-state index in [4.69, 9.17) is 16.3 Å². The average molecular weight is 373 g/mol. The van der Waals surface area contributed by atoms with Gasteiger partial charge in [-0.3, -0.25) is 10.1 Å². The number of fused-ring (bicyclic) bond motifs is 1. The van der Waals surface area contributed by atoms with E-state index in [1.165, 1.54) is 25.3 Å². The Labute approximate surface area is 153 Å². The number of halogens is 1. The summed E-state index contributed by atoms with van der Waals surface area (Å²) in [5.74, 6) is -0.262. The Hall–Kier alpha value is -3.19. The number of carbonyl (C=O) groups is 1. The van der Waals surface area contributed by atoms with Crippen molar-refractivity contribution in [2.45, 2.75) is 0 Å². The first kappa shape index (κ1) is 17.6. The number of hydrogen-bond acceptors (Lipinski definition) is 6. The molecule has 0 unspecified atom stereocenters. The molecule has 0 atom stereocenters. The van der Waals surface area contributed by atoms with Gasteiger partial charge >= 0.3 is 5.97 Å². The minimum atomic E-state index is -0.562. The summed E-state index contributed by atoms with van der Waals surface area (Å²) in [6, 6.07) is 12.9. The molecule has 0 N–H and O–H groups in total.